The van der Waals surface area contributed by atoms with Gasteiger partial charge in [-0.1, -0.05) is 6.42 Å². The Bertz CT molecular complexity index is 707. The van der Waals surface area contributed by atoms with Gasteiger partial charge >= 0.3 is 6.03 Å². The quantitative estimate of drug-likeness (QED) is 0.853. The lowest BCUT2D eigenvalue weighted by Crippen LogP contribution is -2.38. The van der Waals surface area contributed by atoms with Crippen LogP contribution in [0, 0.1) is 0 Å². The highest BCUT2D eigenvalue weighted by molar-refractivity contribution is 7.14. The minimum Gasteiger partial charge on any atom is -0.337 e. The summed E-state index contributed by atoms with van der Waals surface area (Å²) in [6.07, 6.45) is 4.89. The second kappa shape index (κ2) is 7.21. The number of hydrogen-bond donors (Lipinski definition) is 2. The Morgan fingerprint density at radius 1 is 1.38 bits per heavy atom. The van der Waals surface area contributed by atoms with Gasteiger partial charge in [0.15, 0.2) is 5.13 Å². The molecule has 2 N–H and O–H groups in total. The van der Waals surface area contributed by atoms with E-state index in [9.17, 15) is 4.79 Å². The minimum absolute atomic E-state index is 0.155. The van der Waals surface area contributed by atoms with Crippen molar-refractivity contribution >= 4 is 33.8 Å². The van der Waals surface area contributed by atoms with Crippen molar-refractivity contribution in [3.8, 4) is 0 Å². The lowest BCUT2D eigenvalue weighted by atomic mass is 9.83. The van der Waals surface area contributed by atoms with Crippen molar-refractivity contribution in [1.82, 2.24) is 15.2 Å². The van der Waals surface area contributed by atoms with E-state index in [1.54, 1.807) is 0 Å². The zero-order chi connectivity index (χ0) is 16.4. The summed E-state index contributed by atoms with van der Waals surface area (Å²) >= 11 is 3.37. The number of amides is 2. The van der Waals surface area contributed by atoms with Gasteiger partial charge in [-0.25, -0.2) is 9.78 Å². The highest BCUT2D eigenvalue weighted by Crippen LogP contribution is 2.37. The highest BCUT2D eigenvalue weighted by Gasteiger charge is 2.22. The Kier molecular flexibility index (Phi) is 4.82. The van der Waals surface area contributed by atoms with Crippen LogP contribution in [0.15, 0.2) is 16.8 Å². The number of hydrogen-bond acceptors (Lipinski definition) is 5. The number of nitrogens with one attached hydrogen (secondary N) is 2. The van der Waals surface area contributed by atoms with Crippen LogP contribution in [0.3, 0.4) is 0 Å². The van der Waals surface area contributed by atoms with Crippen LogP contribution in [0.25, 0.3) is 0 Å². The number of aromatic nitrogens is 1. The Balaban J connectivity index is 1.19. The summed E-state index contributed by atoms with van der Waals surface area (Å²) in [6.45, 7) is 3.62. The second-order valence-electron chi connectivity index (χ2n) is 6.48. The van der Waals surface area contributed by atoms with Gasteiger partial charge in [0.2, 0.25) is 0 Å². The van der Waals surface area contributed by atoms with E-state index in [0.29, 0.717) is 17.6 Å². The molecule has 3 heterocycles. The summed E-state index contributed by atoms with van der Waals surface area (Å²) in [4.78, 5) is 20.4. The van der Waals surface area contributed by atoms with E-state index < -0.39 is 0 Å². The molecule has 4 rings (SSSR count). The van der Waals surface area contributed by atoms with E-state index in [0.717, 1.165) is 31.7 Å². The summed E-state index contributed by atoms with van der Waals surface area (Å²) in [5, 5.41) is 10.7. The Hall–Kier alpha value is -1.44. The van der Waals surface area contributed by atoms with Crippen molar-refractivity contribution in [2.75, 3.05) is 25.0 Å². The number of urea groups is 1. The number of anilines is 1. The monoisotopic (exact) mass is 362 g/mol. The summed E-state index contributed by atoms with van der Waals surface area (Å²) in [7, 11) is 0. The van der Waals surface area contributed by atoms with E-state index in [1.807, 2.05) is 11.3 Å². The van der Waals surface area contributed by atoms with Gasteiger partial charge in [-0.2, -0.15) is 0 Å². The van der Waals surface area contributed by atoms with Crippen LogP contribution in [0.1, 0.15) is 41.3 Å². The van der Waals surface area contributed by atoms with Gasteiger partial charge in [-0.3, -0.25) is 10.2 Å². The third-order valence-corrected chi connectivity index (χ3v) is 6.67. The normalized spacial score (nSPS) is 18.0. The highest BCUT2D eigenvalue weighted by atomic mass is 32.1. The summed E-state index contributed by atoms with van der Waals surface area (Å²) in [5.74, 6) is 0.612. The first-order valence-corrected chi connectivity index (χ1v) is 10.3. The van der Waals surface area contributed by atoms with Gasteiger partial charge in [0.1, 0.15) is 0 Å². The zero-order valence-electron chi connectivity index (χ0n) is 13.6. The van der Waals surface area contributed by atoms with Crippen molar-refractivity contribution in [1.29, 1.82) is 0 Å². The molecule has 0 radical (unpaired) electrons. The maximum atomic E-state index is 12.0. The zero-order valence-corrected chi connectivity index (χ0v) is 15.2. The fourth-order valence-electron chi connectivity index (χ4n) is 3.20. The molecule has 0 bridgehead atoms. The van der Waals surface area contributed by atoms with E-state index in [1.165, 1.54) is 41.0 Å². The van der Waals surface area contributed by atoms with E-state index in [4.69, 9.17) is 0 Å². The van der Waals surface area contributed by atoms with Gasteiger partial charge in [-0.15, -0.1) is 22.7 Å². The van der Waals surface area contributed by atoms with Crippen molar-refractivity contribution in [2.24, 2.45) is 0 Å². The average molecular weight is 363 g/mol. The smallest absolute Gasteiger partial charge is 0.321 e. The molecule has 1 aliphatic carbocycles. The predicted molar refractivity (Wildman–Crippen MR) is 99.0 cm³/mol. The van der Waals surface area contributed by atoms with Crippen LogP contribution in [0.5, 0.6) is 0 Å². The molecule has 2 amide bonds. The fourth-order valence-corrected chi connectivity index (χ4v) is 4.88. The molecule has 0 unspecified atom stereocenters. The van der Waals surface area contributed by atoms with Crippen molar-refractivity contribution < 1.29 is 4.79 Å². The number of fused-ring (bicyclic) bond motifs is 1. The first-order valence-electron chi connectivity index (χ1n) is 8.56. The molecule has 7 heteroatoms. The lowest BCUT2D eigenvalue weighted by molar-refractivity contribution is 0.239. The van der Waals surface area contributed by atoms with Gasteiger partial charge < -0.3 is 5.32 Å². The molecule has 5 nitrogen and oxygen atoms in total. The fraction of sp³-hybridized carbons (Fsp3) is 0.529. The van der Waals surface area contributed by atoms with E-state index in [-0.39, 0.29) is 6.03 Å². The summed E-state index contributed by atoms with van der Waals surface area (Å²) in [5.41, 5.74) is 2.59. The van der Waals surface area contributed by atoms with Crippen molar-refractivity contribution in [3.63, 3.8) is 0 Å². The number of carbonyl (C=O) groups is 1. The number of carbonyl (C=O) groups excluding carboxylic acids is 1. The molecule has 1 aliphatic heterocycles. The number of thiazole rings is 1. The Morgan fingerprint density at radius 3 is 3.12 bits per heavy atom. The maximum absolute atomic E-state index is 12.0. The van der Waals surface area contributed by atoms with Crippen LogP contribution in [-0.2, 0) is 13.0 Å². The molecule has 2 aromatic heterocycles. The van der Waals surface area contributed by atoms with Crippen LogP contribution in [-0.4, -0.2) is 35.5 Å². The van der Waals surface area contributed by atoms with E-state index in [2.05, 4.69) is 37.3 Å². The third kappa shape index (κ3) is 3.63. The largest absolute Gasteiger partial charge is 0.337 e. The number of nitrogens with zero attached hydrogens (tertiary/aromatic N) is 2. The predicted octanol–water partition coefficient (Wildman–Crippen LogP) is 3.65. The molecular weight excluding hydrogens is 340 g/mol. The van der Waals surface area contributed by atoms with Gasteiger partial charge in [0, 0.05) is 42.4 Å². The van der Waals surface area contributed by atoms with Crippen LogP contribution >= 0.6 is 22.7 Å². The lowest BCUT2D eigenvalue weighted by Gasteiger charge is -2.26. The summed E-state index contributed by atoms with van der Waals surface area (Å²) in [6, 6.07) is 2.06. The molecule has 1 saturated carbocycles. The van der Waals surface area contributed by atoms with Crippen LogP contribution in [0.4, 0.5) is 9.93 Å². The molecule has 0 saturated heterocycles. The van der Waals surface area contributed by atoms with Gasteiger partial charge in [0.05, 0.1) is 5.69 Å². The van der Waals surface area contributed by atoms with Crippen LogP contribution in [0.2, 0.25) is 0 Å². The molecule has 0 atom stereocenters. The van der Waals surface area contributed by atoms with Gasteiger partial charge in [-0.05, 0) is 36.3 Å². The van der Waals surface area contributed by atoms with Crippen molar-refractivity contribution in [2.45, 2.75) is 38.1 Å². The standard InChI is InChI=1S/C17H22N4OS2/c22-16(20-17-19-14(11-24-17)12-2-1-3-12)18-6-8-21-7-4-15-13(10-21)5-9-23-15/h5,9,11-12H,1-4,6-8,10H2,(H2,18,19,20,22). The first-order chi connectivity index (χ1) is 11.8. The first kappa shape index (κ1) is 16.1. The molecule has 2 aromatic rings. The van der Waals surface area contributed by atoms with Crippen molar-refractivity contribution in [3.05, 3.63) is 33.0 Å². The Morgan fingerprint density at radius 2 is 2.29 bits per heavy atom. The summed E-state index contributed by atoms with van der Waals surface area (Å²) < 4.78 is 0. The molecule has 0 spiro atoms. The third-order valence-electron chi connectivity index (χ3n) is 4.87. The molecule has 1 fully saturated rings. The van der Waals surface area contributed by atoms with Crippen LogP contribution < -0.4 is 10.6 Å². The number of thiophene rings is 1. The molecule has 128 valence electrons. The molecule has 0 aromatic carbocycles. The average Bonchev–Trinajstić information content (AvgIpc) is 3.14. The molecular formula is C17H22N4OS2. The van der Waals surface area contributed by atoms with Gasteiger partial charge in [0.25, 0.3) is 0 Å². The Labute approximate surface area is 150 Å². The minimum atomic E-state index is -0.155. The maximum Gasteiger partial charge on any atom is 0.321 e. The SMILES string of the molecule is O=C(NCCN1CCc2sccc2C1)Nc1nc(C2CCC2)cs1. The molecule has 2 aliphatic rings. The molecule has 24 heavy (non-hydrogen) atoms. The van der Waals surface area contributed by atoms with E-state index >= 15 is 0 Å². The topological polar surface area (TPSA) is 57.3 Å². The second-order valence-corrected chi connectivity index (χ2v) is 8.34. The number of rotatable bonds is 5.